The molecule has 5 heteroatoms. The summed E-state index contributed by atoms with van der Waals surface area (Å²) in [5.74, 6) is -0.125. The van der Waals surface area contributed by atoms with Crippen LogP contribution in [-0.4, -0.2) is 27.8 Å². The predicted octanol–water partition coefficient (Wildman–Crippen LogP) is 1.42. The Labute approximate surface area is 118 Å². The highest BCUT2D eigenvalue weighted by Gasteiger charge is 2.16. The summed E-state index contributed by atoms with van der Waals surface area (Å²) in [6.45, 7) is 3.63. The molecule has 0 radical (unpaired) electrons. The van der Waals surface area contributed by atoms with Crippen molar-refractivity contribution in [3.05, 3.63) is 52.8 Å². The summed E-state index contributed by atoms with van der Waals surface area (Å²) >= 11 is 0. The topological polar surface area (TPSA) is 78.0 Å². The number of aliphatic hydroxyl groups excluding tert-OH is 1. The highest BCUT2D eigenvalue weighted by atomic mass is 16.3. The number of rotatable bonds is 5. The lowest BCUT2D eigenvalue weighted by atomic mass is 10.1. The number of aryl methyl sites for hydroxylation is 2. The zero-order valence-electron chi connectivity index (χ0n) is 11.7. The standard InChI is InChI=1S/C15H19N3O2/c1-10-13(11(2)18-17-10)8-15(20)16-14(9-19)12-6-4-3-5-7-12/h3-7,14,19H,8-9H2,1-2H3,(H,16,20)(H,17,18)/t14-/m1/s1. The molecule has 0 aliphatic heterocycles. The molecule has 3 N–H and O–H groups in total. The van der Waals surface area contributed by atoms with Crippen LogP contribution < -0.4 is 5.32 Å². The van der Waals surface area contributed by atoms with Crippen LogP contribution >= 0.6 is 0 Å². The molecule has 0 fully saturated rings. The van der Waals surface area contributed by atoms with Crippen LogP contribution in [-0.2, 0) is 11.2 Å². The monoisotopic (exact) mass is 273 g/mol. The maximum atomic E-state index is 12.1. The van der Waals surface area contributed by atoms with Crippen LogP contribution in [0.1, 0.15) is 28.6 Å². The van der Waals surface area contributed by atoms with E-state index in [1.807, 2.05) is 44.2 Å². The summed E-state index contributed by atoms with van der Waals surface area (Å²) < 4.78 is 0. The Hall–Kier alpha value is -2.14. The number of carbonyl (C=O) groups is 1. The third-order valence-corrected chi connectivity index (χ3v) is 3.34. The van der Waals surface area contributed by atoms with E-state index >= 15 is 0 Å². The van der Waals surface area contributed by atoms with Gasteiger partial charge in [-0.25, -0.2) is 0 Å². The van der Waals surface area contributed by atoms with Gasteiger partial charge in [0.2, 0.25) is 5.91 Å². The lowest BCUT2D eigenvalue weighted by Crippen LogP contribution is -2.32. The van der Waals surface area contributed by atoms with Crippen LogP contribution in [0.3, 0.4) is 0 Å². The molecule has 0 bridgehead atoms. The minimum Gasteiger partial charge on any atom is -0.394 e. The smallest absolute Gasteiger partial charge is 0.225 e. The number of nitrogens with one attached hydrogen (secondary N) is 2. The predicted molar refractivity (Wildman–Crippen MR) is 76.2 cm³/mol. The number of H-pyrrole nitrogens is 1. The van der Waals surface area contributed by atoms with Gasteiger partial charge in [0.15, 0.2) is 0 Å². The normalized spacial score (nSPS) is 12.2. The molecule has 106 valence electrons. The molecule has 0 unspecified atom stereocenters. The molecular weight excluding hydrogens is 254 g/mol. The molecule has 1 amide bonds. The molecule has 2 rings (SSSR count). The van der Waals surface area contributed by atoms with Crippen molar-refractivity contribution in [2.75, 3.05) is 6.61 Å². The van der Waals surface area contributed by atoms with Crippen molar-refractivity contribution in [1.29, 1.82) is 0 Å². The average Bonchev–Trinajstić information content (AvgIpc) is 2.77. The van der Waals surface area contributed by atoms with Gasteiger partial charge >= 0.3 is 0 Å². The van der Waals surface area contributed by atoms with Crippen molar-refractivity contribution in [3.8, 4) is 0 Å². The zero-order valence-corrected chi connectivity index (χ0v) is 11.7. The first-order valence-corrected chi connectivity index (χ1v) is 6.57. The molecule has 0 aliphatic rings. The van der Waals surface area contributed by atoms with E-state index in [9.17, 15) is 9.90 Å². The van der Waals surface area contributed by atoms with Gasteiger partial charge in [-0.3, -0.25) is 9.89 Å². The van der Waals surface area contributed by atoms with E-state index in [1.54, 1.807) is 0 Å². The number of hydrogen-bond acceptors (Lipinski definition) is 3. The SMILES string of the molecule is Cc1n[nH]c(C)c1CC(=O)N[C@H](CO)c1ccccc1. The molecule has 0 aliphatic carbocycles. The minimum absolute atomic E-state index is 0.125. The van der Waals surface area contributed by atoms with Crippen LogP contribution in [0, 0.1) is 13.8 Å². The van der Waals surface area contributed by atoms with Gasteiger partial charge in [0, 0.05) is 11.3 Å². The molecular formula is C15H19N3O2. The van der Waals surface area contributed by atoms with Crippen molar-refractivity contribution in [2.24, 2.45) is 0 Å². The second-order valence-corrected chi connectivity index (χ2v) is 4.80. The largest absolute Gasteiger partial charge is 0.394 e. The molecule has 0 spiro atoms. The molecule has 0 saturated heterocycles. The molecule has 5 nitrogen and oxygen atoms in total. The van der Waals surface area contributed by atoms with Crippen LogP contribution in [0.25, 0.3) is 0 Å². The van der Waals surface area contributed by atoms with Gasteiger partial charge in [-0.2, -0.15) is 5.10 Å². The van der Waals surface area contributed by atoms with Crippen LogP contribution in [0.15, 0.2) is 30.3 Å². The van der Waals surface area contributed by atoms with Gasteiger partial charge in [0.25, 0.3) is 0 Å². The Balaban J connectivity index is 2.03. The lowest BCUT2D eigenvalue weighted by Gasteiger charge is -2.16. The Kier molecular flexibility index (Phi) is 4.53. The van der Waals surface area contributed by atoms with Crippen LogP contribution in [0.4, 0.5) is 0 Å². The van der Waals surface area contributed by atoms with E-state index in [-0.39, 0.29) is 25.0 Å². The summed E-state index contributed by atoms with van der Waals surface area (Å²) in [5.41, 5.74) is 3.53. The minimum atomic E-state index is -0.379. The lowest BCUT2D eigenvalue weighted by molar-refractivity contribution is -0.121. The quantitative estimate of drug-likeness (QED) is 0.771. The van der Waals surface area contributed by atoms with Crippen LogP contribution in [0.5, 0.6) is 0 Å². The number of nitrogens with zero attached hydrogens (tertiary/aromatic N) is 1. The van der Waals surface area contributed by atoms with Gasteiger partial charge in [-0.05, 0) is 19.4 Å². The summed E-state index contributed by atoms with van der Waals surface area (Å²) in [4.78, 5) is 12.1. The van der Waals surface area contributed by atoms with Gasteiger partial charge < -0.3 is 10.4 Å². The number of aromatic amines is 1. The van der Waals surface area contributed by atoms with E-state index < -0.39 is 0 Å². The van der Waals surface area contributed by atoms with Gasteiger partial charge in [0.1, 0.15) is 0 Å². The first kappa shape index (κ1) is 14.3. The number of amides is 1. The number of hydrogen-bond donors (Lipinski definition) is 3. The second kappa shape index (κ2) is 6.34. The van der Waals surface area contributed by atoms with Crippen molar-refractivity contribution in [3.63, 3.8) is 0 Å². The third kappa shape index (κ3) is 3.24. The summed E-state index contributed by atoms with van der Waals surface area (Å²) in [7, 11) is 0. The van der Waals surface area contributed by atoms with E-state index in [0.29, 0.717) is 0 Å². The Morgan fingerprint density at radius 3 is 2.60 bits per heavy atom. The molecule has 2 aromatic rings. The van der Waals surface area contributed by atoms with Gasteiger partial charge in [-0.1, -0.05) is 30.3 Å². The van der Waals surface area contributed by atoms with Crippen molar-refractivity contribution in [1.82, 2.24) is 15.5 Å². The zero-order chi connectivity index (χ0) is 14.5. The first-order valence-electron chi connectivity index (χ1n) is 6.57. The third-order valence-electron chi connectivity index (χ3n) is 3.34. The van der Waals surface area contributed by atoms with Crippen LogP contribution in [0.2, 0.25) is 0 Å². The number of aromatic nitrogens is 2. The summed E-state index contributed by atoms with van der Waals surface area (Å²) in [6.07, 6.45) is 0.261. The maximum absolute atomic E-state index is 12.1. The molecule has 1 atom stereocenters. The first-order chi connectivity index (χ1) is 9.61. The maximum Gasteiger partial charge on any atom is 0.225 e. The highest BCUT2D eigenvalue weighted by molar-refractivity contribution is 5.79. The number of aliphatic hydroxyl groups is 1. The molecule has 20 heavy (non-hydrogen) atoms. The summed E-state index contributed by atoms with van der Waals surface area (Å²) in [5, 5.41) is 19.2. The van der Waals surface area contributed by atoms with Crippen molar-refractivity contribution in [2.45, 2.75) is 26.3 Å². The summed E-state index contributed by atoms with van der Waals surface area (Å²) in [6, 6.07) is 9.06. The molecule has 1 aromatic carbocycles. The number of carbonyl (C=O) groups excluding carboxylic acids is 1. The van der Waals surface area contributed by atoms with Gasteiger partial charge in [-0.15, -0.1) is 0 Å². The molecule has 0 saturated carbocycles. The Bertz CT molecular complexity index is 559. The fraction of sp³-hybridized carbons (Fsp3) is 0.333. The van der Waals surface area contributed by atoms with E-state index in [4.69, 9.17) is 0 Å². The fourth-order valence-corrected chi connectivity index (χ4v) is 2.16. The molecule has 1 heterocycles. The average molecular weight is 273 g/mol. The van der Waals surface area contributed by atoms with Crippen molar-refractivity contribution < 1.29 is 9.90 Å². The highest BCUT2D eigenvalue weighted by Crippen LogP contribution is 2.14. The number of benzene rings is 1. The van der Waals surface area contributed by atoms with E-state index in [2.05, 4.69) is 15.5 Å². The Morgan fingerprint density at radius 2 is 2.05 bits per heavy atom. The van der Waals surface area contributed by atoms with E-state index in [0.717, 1.165) is 22.5 Å². The van der Waals surface area contributed by atoms with E-state index in [1.165, 1.54) is 0 Å². The fourth-order valence-electron chi connectivity index (χ4n) is 2.16. The van der Waals surface area contributed by atoms with Gasteiger partial charge in [0.05, 0.1) is 24.8 Å². The van der Waals surface area contributed by atoms with Crippen molar-refractivity contribution >= 4 is 5.91 Å². The second-order valence-electron chi connectivity index (χ2n) is 4.80. The Morgan fingerprint density at radius 1 is 1.35 bits per heavy atom. The molecule has 1 aromatic heterocycles.